The van der Waals surface area contributed by atoms with Gasteiger partial charge in [0, 0.05) is 24.3 Å². The number of benzene rings is 3. The van der Waals surface area contributed by atoms with Gasteiger partial charge in [0.15, 0.2) is 11.0 Å². The van der Waals surface area contributed by atoms with Crippen LogP contribution in [0.4, 0.5) is 0 Å². The van der Waals surface area contributed by atoms with E-state index in [9.17, 15) is 4.79 Å². The van der Waals surface area contributed by atoms with Crippen molar-refractivity contribution in [2.45, 2.75) is 32.0 Å². The Hall–Kier alpha value is -3.38. The Morgan fingerprint density at radius 2 is 1.55 bits per heavy atom. The van der Waals surface area contributed by atoms with Crippen LogP contribution >= 0.6 is 11.8 Å². The predicted octanol–water partition coefficient (Wildman–Crippen LogP) is 5.23. The normalized spacial score (nSPS) is 13.1. The summed E-state index contributed by atoms with van der Waals surface area (Å²) in [6.45, 7) is 5.58. The number of aryl methyl sites for hydroxylation is 2. The van der Waals surface area contributed by atoms with Crippen molar-refractivity contribution >= 4 is 17.7 Å². The third kappa shape index (κ3) is 4.57. The predicted molar refractivity (Wildman–Crippen MR) is 133 cm³/mol. The van der Waals surface area contributed by atoms with Crippen molar-refractivity contribution in [2.24, 2.45) is 0 Å². The maximum absolute atomic E-state index is 13.0. The molecule has 4 aromatic rings. The van der Waals surface area contributed by atoms with Crippen LogP contribution in [0.3, 0.4) is 0 Å². The number of hydrogen-bond acceptors (Lipinski definition) is 4. The van der Waals surface area contributed by atoms with Crippen molar-refractivity contribution in [3.8, 4) is 17.1 Å². The van der Waals surface area contributed by atoms with Crippen LogP contribution in [0.25, 0.3) is 17.1 Å². The zero-order valence-corrected chi connectivity index (χ0v) is 19.7. The molecule has 0 bridgehead atoms. The van der Waals surface area contributed by atoms with Crippen LogP contribution in [0.2, 0.25) is 0 Å². The average Bonchev–Trinajstić information content (AvgIpc) is 3.27. The van der Waals surface area contributed by atoms with Crippen molar-refractivity contribution < 1.29 is 4.79 Å². The summed E-state index contributed by atoms with van der Waals surface area (Å²) in [6.07, 6.45) is 0.906. The quantitative estimate of drug-likeness (QED) is 0.388. The van der Waals surface area contributed by atoms with Crippen LogP contribution in [0, 0.1) is 13.8 Å². The topological polar surface area (TPSA) is 51.0 Å². The molecule has 0 atom stereocenters. The minimum Gasteiger partial charge on any atom is -0.337 e. The number of amides is 1. The van der Waals surface area contributed by atoms with Gasteiger partial charge in [-0.2, -0.15) is 0 Å². The second kappa shape index (κ2) is 9.24. The number of nitrogens with zero attached hydrogens (tertiary/aromatic N) is 4. The molecular formula is C27H26N4OS. The molecule has 1 aromatic heterocycles. The van der Waals surface area contributed by atoms with Crippen LogP contribution < -0.4 is 0 Å². The first-order chi connectivity index (χ1) is 16.1. The van der Waals surface area contributed by atoms with Gasteiger partial charge in [-0.25, -0.2) is 0 Å². The summed E-state index contributed by atoms with van der Waals surface area (Å²) in [5.41, 5.74) is 6.96. The highest BCUT2D eigenvalue weighted by Crippen LogP contribution is 2.29. The van der Waals surface area contributed by atoms with E-state index in [0.717, 1.165) is 35.2 Å². The van der Waals surface area contributed by atoms with Gasteiger partial charge in [0.2, 0.25) is 5.91 Å². The summed E-state index contributed by atoms with van der Waals surface area (Å²) >= 11 is 1.45. The molecule has 1 aliphatic rings. The zero-order chi connectivity index (χ0) is 22.8. The first kappa shape index (κ1) is 21.5. The lowest BCUT2D eigenvalue weighted by Gasteiger charge is -2.28. The van der Waals surface area contributed by atoms with Gasteiger partial charge < -0.3 is 4.90 Å². The summed E-state index contributed by atoms with van der Waals surface area (Å²) in [4.78, 5) is 15.0. The number of rotatable bonds is 5. The van der Waals surface area contributed by atoms with E-state index in [2.05, 4.69) is 90.8 Å². The van der Waals surface area contributed by atoms with Gasteiger partial charge >= 0.3 is 0 Å². The van der Waals surface area contributed by atoms with E-state index in [0.29, 0.717) is 12.3 Å². The molecule has 3 aromatic carbocycles. The van der Waals surface area contributed by atoms with Crippen molar-refractivity contribution in [1.29, 1.82) is 0 Å². The minimum absolute atomic E-state index is 0.129. The lowest BCUT2D eigenvalue weighted by Crippen LogP contribution is -2.37. The Bertz CT molecular complexity index is 1280. The fourth-order valence-electron chi connectivity index (χ4n) is 4.11. The molecule has 2 heterocycles. The molecule has 6 heteroatoms. The minimum atomic E-state index is 0.129. The molecule has 0 unspecified atom stereocenters. The van der Waals surface area contributed by atoms with Crippen molar-refractivity contribution in [3.05, 3.63) is 95.1 Å². The molecule has 0 saturated carbocycles. The molecule has 0 saturated heterocycles. The first-order valence-electron chi connectivity index (χ1n) is 11.2. The van der Waals surface area contributed by atoms with Gasteiger partial charge in [0.05, 0.1) is 5.75 Å². The van der Waals surface area contributed by atoms with E-state index in [1.165, 1.54) is 34.0 Å². The number of aromatic nitrogens is 3. The maximum Gasteiger partial charge on any atom is 0.233 e. The Morgan fingerprint density at radius 1 is 0.879 bits per heavy atom. The summed E-state index contributed by atoms with van der Waals surface area (Å²) in [7, 11) is 0. The van der Waals surface area contributed by atoms with Gasteiger partial charge in [-0.15, -0.1) is 10.2 Å². The van der Waals surface area contributed by atoms with E-state index in [4.69, 9.17) is 0 Å². The molecule has 0 radical (unpaired) electrons. The van der Waals surface area contributed by atoms with Crippen LogP contribution in [-0.2, 0) is 17.8 Å². The lowest BCUT2D eigenvalue weighted by atomic mass is 10.00. The van der Waals surface area contributed by atoms with E-state index in [1.807, 2.05) is 15.5 Å². The summed E-state index contributed by atoms with van der Waals surface area (Å²) in [5.74, 6) is 1.24. The number of hydrogen-bond donors (Lipinski definition) is 0. The van der Waals surface area contributed by atoms with Gasteiger partial charge in [-0.1, -0.05) is 83.6 Å². The second-order valence-corrected chi connectivity index (χ2v) is 9.41. The van der Waals surface area contributed by atoms with Gasteiger partial charge in [-0.3, -0.25) is 9.36 Å². The maximum atomic E-state index is 13.0. The molecular weight excluding hydrogens is 428 g/mol. The van der Waals surface area contributed by atoms with Gasteiger partial charge in [-0.05, 0) is 43.5 Å². The highest BCUT2D eigenvalue weighted by atomic mass is 32.2. The van der Waals surface area contributed by atoms with Crippen molar-refractivity contribution in [3.63, 3.8) is 0 Å². The molecule has 33 heavy (non-hydrogen) atoms. The Labute approximate surface area is 198 Å². The molecule has 1 amide bonds. The molecule has 1 aliphatic heterocycles. The van der Waals surface area contributed by atoms with E-state index in [1.54, 1.807) is 0 Å². The molecule has 166 valence electrons. The molecule has 0 fully saturated rings. The van der Waals surface area contributed by atoms with Crippen LogP contribution in [-0.4, -0.2) is 37.9 Å². The zero-order valence-electron chi connectivity index (χ0n) is 18.9. The Balaban J connectivity index is 1.39. The summed E-state index contributed by atoms with van der Waals surface area (Å²) in [6, 6.07) is 25.0. The fraction of sp³-hybridized carbons (Fsp3) is 0.222. The fourth-order valence-corrected chi connectivity index (χ4v) is 4.96. The van der Waals surface area contributed by atoms with Crippen LogP contribution in [0.5, 0.6) is 0 Å². The first-order valence-corrected chi connectivity index (χ1v) is 12.1. The molecule has 5 nitrogen and oxygen atoms in total. The van der Waals surface area contributed by atoms with E-state index < -0.39 is 0 Å². The van der Waals surface area contributed by atoms with E-state index >= 15 is 0 Å². The SMILES string of the molecule is Cc1ccc(-c2nnc(SCC(=O)N3CCc4ccccc4C3)n2-c2ccc(C)cc2)cc1. The van der Waals surface area contributed by atoms with Crippen LogP contribution in [0.15, 0.2) is 78.0 Å². The van der Waals surface area contributed by atoms with Crippen LogP contribution in [0.1, 0.15) is 22.3 Å². The van der Waals surface area contributed by atoms with Crippen molar-refractivity contribution in [1.82, 2.24) is 19.7 Å². The number of fused-ring (bicyclic) bond motifs is 1. The molecule has 0 aliphatic carbocycles. The molecule has 5 rings (SSSR count). The second-order valence-electron chi connectivity index (χ2n) is 8.47. The van der Waals surface area contributed by atoms with E-state index in [-0.39, 0.29) is 5.91 Å². The monoisotopic (exact) mass is 454 g/mol. The largest absolute Gasteiger partial charge is 0.337 e. The van der Waals surface area contributed by atoms with Gasteiger partial charge in [0.25, 0.3) is 0 Å². The Kier molecular flexibility index (Phi) is 6.01. The molecule has 0 N–H and O–H groups in total. The number of carbonyl (C=O) groups is 1. The highest BCUT2D eigenvalue weighted by molar-refractivity contribution is 7.99. The lowest BCUT2D eigenvalue weighted by molar-refractivity contribution is -0.129. The summed E-state index contributed by atoms with van der Waals surface area (Å²) < 4.78 is 2.05. The van der Waals surface area contributed by atoms with Crippen molar-refractivity contribution in [2.75, 3.05) is 12.3 Å². The third-order valence-corrected chi connectivity index (χ3v) is 6.96. The third-order valence-electron chi connectivity index (χ3n) is 6.04. The smallest absolute Gasteiger partial charge is 0.233 e. The standard InChI is InChI=1S/C27H26N4OS/c1-19-7-11-22(12-8-19)26-28-29-27(31(26)24-13-9-20(2)10-14-24)33-18-25(32)30-16-15-21-5-3-4-6-23(21)17-30/h3-14H,15-18H2,1-2H3. The Morgan fingerprint density at radius 3 is 2.27 bits per heavy atom. The highest BCUT2D eigenvalue weighted by Gasteiger charge is 2.22. The number of thioether (sulfide) groups is 1. The van der Waals surface area contributed by atoms with Gasteiger partial charge in [0.1, 0.15) is 0 Å². The molecule has 0 spiro atoms. The average molecular weight is 455 g/mol. The number of carbonyl (C=O) groups excluding carboxylic acids is 1. The summed E-state index contributed by atoms with van der Waals surface area (Å²) in [5, 5.41) is 9.70.